The molecule has 5 N–H and O–H groups in total. The van der Waals surface area contributed by atoms with Crippen LogP contribution in [0.2, 0.25) is 0 Å². The zero-order chi connectivity index (χ0) is 20.1. The number of aliphatic hydroxyl groups is 1. The van der Waals surface area contributed by atoms with Crippen molar-refractivity contribution in [1.82, 2.24) is 14.9 Å². The zero-order valence-corrected chi connectivity index (χ0v) is 16.1. The third-order valence-corrected chi connectivity index (χ3v) is 4.24. The normalized spacial score (nSPS) is 22.5. The van der Waals surface area contributed by atoms with Crippen molar-refractivity contribution in [3.63, 3.8) is 0 Å². The van der Waals surface area contributed by atoms with Gasteiger partial charge in [-0.2, -0.15) is 0 Å². The fraction of sp³-hybridized carbons (Fsp3) is 0.615. The summed E-state index contributed by atoms with van der Waals surface area (Å²) < 4.78 is 11.5. The predicted octanol–water partition coefficient (Wildman–Crippen LogP) is -1.53. The standard InChI is InChI=1S/C10H15N2O7PS.C3H7NO/c1-5-3-12(10(15)11-9(5)14)8-2-6(7(4-13)18-8)19-20(16,17)21;1-3(5)4-2/h3,6-8,13H,2,4H2,1H3,(H,11,14,15)(H2,16,17,21);1-2H3,(H,4,5)/t6-,7+,8+;/m0./s1. The first kappa shape index (κ1) is 22.6. The molecule has 0 spiro atoms. The minimum atomic E-state index is -3.92. The van der Waals surface area contributed by atoms with Crippen LogP contribution in [0.15, 0.2) is 15.8 Å². The van der Waals surface area contributed by atoms with Crippen LogP contribution in [0.5, 0.6) is 0 Å². The van der Waals surface area contributed by atoms with E-state index in [1.807, 2.05) is 0 Å². The lowest BCUT2D eigenvalue weighted by molar-refractivity contribution is -0.118. The summed E-state index contributed by atoms with van der Waals surface area (Å²) in [6.07, 6.45) is -1.11. The molecule has 1 fully saturated rings. The van der Waals surface area contributed by atoms with Crippen LogP contribution in [-0.2, 0) is 25.9 Å². The molecular formula is C13H22N3O8PS. The molecule has 0 aliphatic carbocycles. The van der Waals surface area contributed by atoms with E-state index >= 15 is 0 Å². The number of ether oxygens (including phenoxy) is 1. The fourth-order valence-corrected chi connectivity index (χ4v) is 3.03. The van der Waals surface area contributed by atoms with Crippen molar-refractivity contribution in [2.45, 2.75) is 38.7 Å². The van der Waals surface area contributed by atoms with Gasteiger partial charge in [0, 0.05) is 32.2 Å². The zero-order valence-electron chi connectivity index (χ0n) is 14.4. The third-order valence-electron chi connectivity index (χ3n) is 3.44. The molecule has 11 nitrogen and oxygen atoms in total. The molecule has 2 heterocycles. The average molecular weight is 411 g/mol. The number of aliphatic hydroxyl groups excluding tert-OH is 1. The van der Waals surface area contributed by atoms with E-state index in [-0.39, 0.29) is 12.3 Å². The molecule has 26 heavy (non-hydrogen) atoms. The summed E-state index contributed by atoms with van der Waals surface area (Å²) >= 11 is 4.39. The van der Waals surface area contributed by atoms with Crippen LogP contribution in [0, 0.1) is 6.92 Å². The van der Waals surface area contributed by atoms with Gasteiger partial charge in [-0.15, -0.1) is 0 Å². The molecule has 0 saturated carbocycles. The van der Waals surface area contributed by atoms with Gasteiger partial charge in [0.15, 0.2) is 0 Å². The minimum Gasteiger partial charge on any atom is -0.394 e. The summed E-state index contributed by atoms with van der Waals surface area (Å²) in [6, 6.07) is 0. The van der Waals surface area contributed by atoms with Crippen molar-refractivity contribution in [1.29, 1.82) is 0 Å². The Morgan fingerprint density at radius 3 is 2.58 bits per heavy atom. The summed E-state index contributed by atoms with van der Waals surface area (Å²) in [7, 11) is 1.60. The smallest absolute Gasteiger partial charge is 0.330 e. The van der Waals surface area contributed by atoms with Gasteiger partial charge in [0.2, 0.25) is 5.91 Å². The molecule has 13 heteroatoms. The molecule has 1 aromatic heterocycles. The van der Waals surface area contributed by atoms with Crippen LogP contribution in [0.25, 0.3) is 0 Å². The van der Waals surface area contributed by atoms with Crippen LogP contribution < -0.4 is 16.6 Å². The Morgan fingerprint density at radius 1 is 1.54 bits per heavy atom. The van der Waals surface area contributed by atoms with Gasteiger partial charge in [-0.1, -0.05) is 0 Å². The second-order valence-corrected chi connectivity index (χ2v) is 8.09. The fourth-order valence-electron chi connectivity index (χ4n) is 2.12. The number of amides is 1. The lowest BCUT2D eigenvalue weighted by Gasteiger charge is -2.18. The highest BCUT2D eigenvalue weighted by Crippen LogP contribution is 2.43. The molecule has 1 aliphatic heterocycles. The first-order chi connectivity index (χ1) is 12.0. The third kappa shape index (κ3) is 6.72. The molecular weight excluding hydrogens is 389 g/mol. The van der Waals surface area contributed by atoms with Crippen molar-refractivity contribution in [3.8, 4) is 0 Å². The van der Waals surface area contributed by atoms with Crippen LogP contribution in [0.4, 0.5) is 0 Å². The number of aromatic amines is 1. The first-order valence-corrected chi connectivity index (χ1v) is 10.1. The van der Waals surface area contributed by atoms with Crippen molar-refractivity contribution >= 4 is 24.4 Å². The summed E-state index contributed by atoms with van der Waals surface area (Å²) in [6.45, 7) is -1.35. The van der Waals surface area contributed by atoms with Crippen LogP contribution in [0.3, 0.4) is 0 Å². The Labute approximate surface area is 153 Å². The Morgan fingerprint density at radius 2 is 2.12 bits per heavy atom. The van der Waals surface area contributed by atoms with Crippen molar-refractivity contribution in [2.75, 3.05) is 13.7 Å². The number of carbonyl (C=O) groups excluding carboxylic acids is 1. The SMILES string of the molecule is CNC(C)=O.Cc1cn([C@H]2C[C@H](OP(O)(O)=S)[C@@H](CO)O2)c(=O)[nH]c1=O. The van der Waals surface area contributed by atoms with Crippen molar-refractivity contribution in [2.24, 2.45) is 0 Å². The maximum Gasteiger partial charge on any atom is 0.330 e. The quantitative estimate of drug-likeness (QED) is 0.370. The highest BCUT2D eigenvalue weighted by atomic mass is 32.5. The van der Waals surface area contributed by atoms with Crippen LogP contribution >= 0.6 is 6.72 Å². The molecule has 148 valence electrons. The van der Waals surface area contributed by atoms with Gasteiger partial charge in [0.25, 0.3) is 5.56 Å². The minimum absolute atomic E-state index is 0.00463. The van der Waals surface area contributed by atoms with Gasteiger partial charge in [-0.25, -0.2) is 4.79 Å². The van der Waals surface area contributed by atoms with Crippen LogP contribution in [-0.4, -0.2) is 56.2 Å². The number of hydrogen-bond acceptors (Lipinski definition) is 7. The number of hydrogen-bond donors (Lipinski definition) is 5. The maximum absolute atomic E-state index is 11.8. The number of aryl methyl sites for hydroxylation is 1. The van der Waals surface area contributed by atoms with E-state index in [0.717, 1.165) is 4.57 Å². The number of H-pyrrole nitrogens is 1. The number of carbonyl (C=O) groups is 1. The predicted molar refractivity (Wildman–Crippen MR) is 95.0 cm³/mol. The summed E-state index contributed by atoms with van der Waals surface area (Å²) in [5.41, 5.74) is -0.847. The van der Waals surface area contributed by atoms with Crippen molar-refractivity contribution in [3.05, 3.63) is 32.6 Å². The summed E-state index contributed by atoms with van der Waals surface area (Å²) in [5.74, 6) is 0.00463. The highest BCUT2D eigenvalue weighted by molar-refractivity contribution is 8.06. The number of nitrogens with zero attached hydrogens (tertiary/aromatic N) is 1. The van der Waals surface area contributed by atoms with E-state index < -0.39 is 43.0 Å². The Bertz CT molecular complexity index is 788. The highest BCUT2D eigenvalue weighted by Gasteiger charge is 2.39. The molecule has 0 radical (unpaired) electrons. The summed E-state index contributed by atoms with van der Waals surface area (Å²) in [4.78, 5) is 53.3. The second kappa shape index (κ2) is 9.51. The van der Waals surface area contributed by atoms with Gasteiger partial charge in [-0.05, 0) is 18.7 Å². The van der Waals surface area contributed by atoms with E-state index in [1.165, 1.54) is 20.0 Å². The topological polar surface area (TPSA) is 163 Å². The number of aromatic nitrogens is 2. The molecule has 0 bridgehead atoms. The first-order valence-electron chi connectivity index (χ1n) is 7.49. The average Bonchev–Trinajstić information content (AvgIpc) is 2.92. The molecule has 1 aromatic rings. The molecule has 3 atom stereocenters. The molecule has 1 saturated heterocycles. The van der Waals surface area contributed by atoms with E-state index in [4.69, 9.17) is 9.26 Å². The monoisotopic (exact) mass is 411 g/mol. The number of rotatable bonds is 4. The van der Waals surface area contributed by atoms with E-state index in [2.05, 4.69) is 22.1 Å². The largest absolute Gasteiger partial charge is 0.394 e. The Kier molecular flexibility index (Phi) is 8.28. The lowest BCUT2D eigenvalue weighted by Crippen LogP contribution is -2.33. The Balaban J connectivity index is 0.000000597. The van der Waals surface area contributed by atoms with E-state index in [1.54, 1.807) is 7.05 Å². The molecule has 2 rings (SSSR count). The maximum atomic E-state index is 11.8. The van der Waals surface area contributed by atoms with Crippen molar-refractivity contribution < 1.29 is 28.9 Å². The lowest BCUT2D eigenvalue weighted by atomic mass is 10.2. The van der Waals surface area contributed by atoms with E-state index in [9.17, 15) is 29.3 Å². The molecule has 1 amide bonds. The number of nitrogens with one attached hydrogen (secondary N) is 2. The van der Waals surface area contributed by atoms with Gasteiger partial charge in [0.05, 0.1) is 12.7 Å². The molecule has 0 aromatic carbocycles. The molecule has 1 aliphatic rings. The van der Waals surface area contributed by atoms with Gasteiger partial charge in [-0.3, -0.25) is 19.1 Å². The van der Waals surface area contributed by atoms with Gasteiger partial charge in [0.1, 0.15) is 12.3 Å². The Hall–Kier alpha value is -1.40. The summed E-state index contributed by atoms with van der Waals surface area (Å²) in [5, 5.41) is 11.6. The van der Waals surface area contributed by atoms with Gasteiger partial charge >= 0.3 is 12.4 Å². The second-order valence-electron chi connectivity index (χ2n) is 5.47. The molecule has 0 unspecified atom stereocenters. The van der Waals surface area contributed by atoms with Crippen LogP contribution in [0.1, 0.15) is 25.1 Å². The van der Waals surface area contributed by atoms with E-state index in [0.29, 0.717) is 5.56 Å². The van der Waals surface area contributed by atoms with Gasteiger partial charge < -0.3 is 29.5 Å².